The highest BCUT2D eigenvalue weighted by molar-refractivity contribution is 6.31. The summed E-state index contributed by atoms with van der Waals surface area (Å²) in [6.07, 6.45) is 7.21. The monoisotopic (exact) mass is 299 g/mol. The van der Waals surface area contributed by atoms with Crippen LogP contribution in [0.5, 0.6) is 0 Å². The summed E-state index contributed by atoms with van der Waals surface area (Å²) in [5.74, 6) is 0.580. The molecule has 2 rings (SSSR count). The predicted molar refractivity (Wildman–Crippen MR) is 82.0 cm³/mol. The van der Waals surface area contributed by atoms with Crippen LogP contribution >= 0.6 is 11.6 Å². The van der Waals surface area contributed by atoms with Gasteiger partial charge in [0.2, 0.25) is 0 Å². The Morgan fingerprint density at radius 1 is 1.40 bits per heavy atom. The van der Waals surface area contributed by atoms with Crippen molar-refractivity contribution in [1.82, 2.24) is 9.78 Å². The largest absolute Gasteiger partial charge is 0.380 e. The molecule has 1 saturated carbocycles. The highest BCUT2D eigenvalue weighted by atomic mass is 35.5. The zero-order valence-corrected chi connectivity index (χ0v) is 13.5. The standard InChI is InChI=1S/C15H26ClN3O/c1-10-14(16)13(19(2)18-10)9-12(17)15(20-3)11-7-5-4-6-8-11/h11-12,15H,4-9,17H2,1-3H3. The molecular weight excluding hydrogens is 274 g/mol. The number of ether oxygens (including phenoxy) is 1. The Labute approximate surface area is 126 Å². The molecule has 0 saturated heterocycles. The minimum atomic E-state index is -0.0320. The summed E-state index contributed by atoms with van der Waals surface area (Å²) < 4.78 is 7.55. The molecular formula is C15H26ClN3O. The number of hydrogen-bond donors (Lipinski definition) is 1. The van der Waals surface area contributed by atoms with Gasteiger partial charge in [-0.25, -0.2) is 0 Å². The number of nitrogens with two attached hydrogens (primary N) is 1. The number of aryl methyl sites for hydroxylation is 2. The van der Waals surface area contributed by atoms with Crippen LogP contribution in [0, 0.1) is 12.8 Å². The summed E-state index contributed by atoms with van der Waals surface area (Å²) in [7, 11) is 3.69. The first-order valence-corrected chi connectivity index (χ1v) is 7.88. The first-order valence-electron chi connectivity index (χ1n) is 7.51. The Balaban J connectivity index is 2.06. The van der Waals surface area contributed by atoms with Gasteiger partial charge in [0.1, 0.15) is 0 Å². The van der Waals surface area contributed by atoms with Crippen molar-refractivity contribution < 1.29 is 4.74 Å². The van der Waals surface area contributed by atoms with Crippen LogP contribution in [-0.4, -0.2) is 29.0 Å². The van der Waals surface area contributed by atoms with Crippen molar-refractivity contribution in [3.8, 4) is 0 Å². The van der Waals surface area contributed by atoms with Crippen LogP contribution in [0.4, 0.5) is 0 Å². The fourth-order valence-corrected chi connectivity index (χ4v) is 3.66. The molecule has 0 bridgehead atoms. The number of rotatable bonds is 5. The summed E-state index contributed by atoms with van der Waals surface area (Å²) >= 11 is 6.31. The van der Waals surface area contributed by atoms with Crippen LogP contribution in [0.15, 0.2) is 0 Å². The minimum Gasteiger partial charge on any atom is -0.380 e. The van der Waals surface area contributed by atoms with Crippen molar-refractivity contribution in [2.75, 3.05) is 7.11 Å². The molecule has 2 atom stereocenters. The van der Waals surface area contributed by atoms with Gasteiger partial charge in [0.15, 0.2) is 0 Å². The van der Waals surface area contributed by atoms with Gasteiger partial charge in [-0.1, -0.05) is 30.9 Å². The molecule has 0 amide bonds. The first-order chi connectivity index (χ1) is 9.54. The molecule has 1 aliphatic rings. The van der Waals surface area contributed by atoms with E-state index in [1.54, 1.807) is 7.11 Å². The number of halogens is 1. The van der Waals surface area contributed by atoms with Crippen molar-refractivity contribution in [2.45, 2.75) is 57.6 Å². The third-order valence-corrected chi connectivity index (χ3v) is 4.99. The molecule has 0 radical (unpaired) electrons. The van der Waals surface area contributed by atoms with Crippen molar-refractivity contribution >= 4 is 11.6 Å². The van der Waals surface area contributed by atoms with Crippen molar-refractivity contribution in [3.63, 3.8) is 0 Å². The van der Waals surface area contributed by atoms with Crippen molar-refractivity contribution in [1.29, 1.82) is 0 Å². The molecule has 1 heterocycles. The van der Waals surface area contributed by atoms with Crippen LogP contribution in [0.3, 0.4) is 0 Å². The van der Waals surface area contributed by atoms with E-state index in [1.807, 2.05) is 18.7 Å². The van der Waals surface area contributed by atoms with E-state index in [1.165, 1.54) is 32.1 Å². The maximum Gasteiger partial charge on any atom is 0.0847 e. The van der Waals surface area contributed by atoms with Crippen molar-refractivity contribution in [2.24, 2.45) is 18.7 Å². The van der Waals surface area contributed by atoms with E-state index in [9.17, 15) is 0 Å². The van der Waals surface area contributed by atoms with E-state index in [-0.39, 0.29) is 12.1 Å². The molecule has 4 nitrogen and oxygen atoms in total. The first kappa shape index (κ1) is 15.8. The second-order valence-corrected chi connectivity index (χ2v) is 6.31. The van der Waals surface area contributed by atoms with Gasteiger partial charge in [-0.2, -0.15) is 5.10 Å². The predicted octanol–water partition coefficient (Wildman–Crippen LogP) is 2.85. The molecule has 20 heavy (non-hydrogen) atoms. The van der Waals surface area contributed by atoms with E-state index >= 15 is 0 Å². The fraction of sp³-hybridized carbons (Fsp3) is 0.800. The van der Waals surface area contributed by atoms with Gasteiger partial charge in [0, 0.05) is 26.6 Å². The lowest BCUT2D eigenvalue weighted by Gasteiger charge is -2.33. The average Bonchev–Trinajstić information content (AvgIpc) is 2.67. The lowest BCUT2D eigenvalue weighted by molar-refractivity contribution is 0.0175. The molecule has 0 spiro atoms. The number of aromatic nitrogens is 2. The quantitative estimate of drug-likeness (QED) is 0.909. The van der Waals surface area contributed by atoms with E-state index in [4.69, 9.17) is 22.1 Å². The molecule has 1 aliphatic carbocycles. The highest BCUT2D eigenvalue weighted by Gasteiger charge is 2.29. The molecule has 2 N–H and O–H groups in total. The van der Waals surface area contributed by atoms with Gasteiger partial charge in [-0.05, 0) is 25.7 Å². The molecule has 0 aromatic carbocycles. The van der Waals surface area contributed by atoms with Gasteiger partial charge >= 0.3 is 0 Å². The average molecular weight is 300 g/mol. The van der Waals surface area contributed by atoms with E-state index in [0.29, 0.717) is 12.3 Å². The molecule has 114 valence electrons. The zero-order valence-electron chi connectivity index (χ0n) is 12.7. The van der Waals surface area contributed by atoms with Gasteiger partial charge in [0.05, 0.1) is 22.5 Å². The second-order valence-electron chi connectivity index (χ2n) is 5.94. The second kappa shape index (κ2) is 6.92. The van der Waals surface area contributed by atoms with Crippen LogP contribution in [0.25, 0.3) is 0 Å². The summed E-state index contributed by atoms with van der Waals surface area (Å²) in [4.78, 5) is 0. The van der Waals surface area contributed by atoms with Gasteiger partial charge in [0.25, 0.3) is 0 Å². The molecule has 5 heteroatoms. The fourth-order valence-electron chi connectivity index (χ4n) is 3.42. The van der Waals surface area contributed by atoms with E-state index in [0.717, 1.165) is 16.4 Å². The number of nitrogens with zero attached hydrogens (tertiary/aromatic N) is 2. The van der Waals surface area contributed by atoms with Gasteiger partial charge in [-0.3, -0.25) is 4.68 Å². The maximum atomic E-state index is 6.41. The maximum absolute atomic E-state index is 6.41. The normalized spacial score (nSPS) is 20.1. The van der Waals surface area contributed by atoms with Crippen LogP contribution in [-0.2, 0) is 18.2 Å². The molecule has 1 aromatic heterocycles. The summed E-state index contributed by atoms with van der Waals surface area (Å²) in [5, 5.41) is 5.09. The third-order valence-electron chi connectivity index (χ3n) is 4.50. The molecule has 0 aliphatic heterocycles. The van der Waals surface area contributed by atoms with Gasteiger partial charge < -0.3 is 10.5 Å². The van der Waals surface area contributed by atoms with Crippen molar-refractivity contribution in [3.05, 3.63) is 16.4 Å². The summed E-state index contributed by atoms with van der Waals surface area (Å²) in [5.41, 5.74) is 8.29. The third kappa shape index (κ3) is 3.35. The zero-order chi connectivity index (χ0) is 14.7. The Kier molecular flexibility index (Phi) is 5.47. The topological polar surface area (TPSA) is 53.1 Å². The van der Waals surface area contributed by atoms with Gasteiger partial charge in [-0.15, -0.1) is 0 Å². The molecule has 1 aromatic rings. The Morgan fingerprint density at radius 2 is 2.05 bits per heavy atom. The smallest absolute Gasteiger partial charge is 0.0847 e. The SMILES string of the molecule is COC(C(N)Cc1c(Cl)c(C)nn1C)C1CCCCC1. The Bertz CT molecular complexity index is 441. The Hall–Kier alpha value is -0.580. The molecule has 2 unspecified atom stereocenters. The number of methoxy groups -OCH3 is 1. The minimum absolute atomic E-state index is 0.0320. The molecule has 1 fully saturated rings. The van der Waals surface area contributed by atoms with E-state index < -0.39 is 0 Å². The lowest BCUT2D eigenvalue weighted by Crippen LogP contribution is -2.44. The highest BCUT2D eigenvalue weighted by Crippen LogP contribution is 2.30. The van der Waals surface area contributed by atoms with Crippen LogP contribution < -0.4 is 5.73 Å². The van der Waals surface area contributed by atoms with Crippen LogP contribution in [0.1, 0.15) is 43.5 Å². The van der Waals surface area contributed by atoms with E-state index in [2.05, 4.69) is 5.10 Å². The van der Waals surface area contributed by atoms with Crippen LogP contribution in [0.2, 0.25) is 5.02 Å². The summed E-state index contributed by atoms with van der Waals surface area (Å²) in [6.45, 7) is 1.92. The number of hydrogen-bond acceptors (Lipinski definition) is 3. The summed E-state index contributed by atoms with van der Waals surface area (Å²) in [6, 6.07) is -0.0320. The lowest BCUT2D eigenvalue weighted by atomic mass is 9.82. The Morgan fingerprint density at radius 3 is 2.55 bits per heavy atom.